The van der Waals surface area contributed by atoms with E-state index in [9.17, 15) is 4.79 Å². The van der Waals surface area contributed by atoms with E-state index in [1.807, 2.05) is 42.3 Å². The quantitative estimate of drug-likeness (QED) is 0.866. The third-order valence-electron chi connectivity index (χ3n) is 3.17. The molecule has 1 aromatic rings. The average Bonchev–Trinajstić information content (AvgIpc) is 2.46. The number of rotatable bonds is 4. The number of anilines is 1. The Balaban J connectivity index is 1.85. The summed E-state index contributed by atoms with van der Waals surface area (Å²) in [6.07, 6.45) is 1.05. The number of hydrogen-bond acceptors (Lipinski definition) is 3. The van der Waals surface area contributed by atoms with Crippen molar-refractivity contribution < 1.29 is 9.53 Å². The van der Waals surface area contributed by atoms with E-state index in [1.54, 1.807) is 0 Å². The van der Waals surface area contributed by atoms with Crippen LogP contribution in [-0.4, -0.2) is 50.3 Å². The molecule has 0 spiro atoms. The summed E-state index contributed by atoms with van der Waals surface area (Å²) in [7, 11) is 1.92. The van der Waals surface area contributed by atoms with E-state index in [0.717, 1.165) is 18.7 Å². The van der Waals surface area contributed by atoms with E-state index < -0.39 is 0 Å². The highest BCUT2D eigenvalue weighted by Crippen LogP contribution is 2.11. The van der Waals surface area contributed by atoms with E-state index in [1.165, 1.54) is 0 Å². The molecule has 5 heteroatoms. The predicted molar refractivity (Wildman–Crippen MR) is 75.3 cm³/mol. The highest BCUT2D eigenvalue weighted by Gasteiger charge is 2.23. The highest BCUT2D eigenvalue weighted by atomic mass is 16.5. The van der Waals surface area contributed by atoms with Gasteiger partial charge in [-0.1, -0.05) is 18.2 Å². The van der Waals surface area contributed by atoms with Crippen LogP contribution in [-0.2, 0) is 4.74 Å². The number of hydrogen-bond donors (Lipinski definition) is 2. The zero-order valence-corrected chi connectivity index (χ0v) is 11.3. The number of ether oxygens (including phenoxy) is 1. The average molecular weight is 263 g/mol. The molecule has 0 bridgehead atoms. The fourth-order valence-corrected chi connectivity index (χ4v) is 2.11. The molecule has 2 rings (SSSR count). The molecule has 1 aromatic carbocycles. The Labute approximate surface area is 113 Å². The molecule has 19 heavy (non-hydrogen) atoms. The smallest absolute Gasteiger partial charge is 0.322 e. The number of morpholine rings is 1. The number of carbonyl (C=O) groups is 1. The number of benzene rings is 1. The Bertz CT molecular complexity index is 397. The Hall–Kier alpha value is -1.59. The lowest BCUT2D eigenvalue weighted by molar-refractivity contribution is -0.0154. The molecule has 2 N–H and O–H groups in total. The Morgan fingerprint density at radius 1 is 1.42 bits per heavy atom. The maximum Gasteiger partial charge on any atom is 0.322 e. The maximum absolute atomic E-state index is 12.1. The molecule has 1 unspecified atom stereocenters. The van der Waals surface area contributed by atoms with Crippen LogP contribution in [0.5, 0.6) is 0 Å². The molecule has 1 heterocycles. The first kappa shape index (κ1) is 13.8. The van der Waals surface area contributed by atoms with Gasteiger partial charge < -0.3 is 20.3 Å². The minimum Gasteiger partial charge on any atom is -0.374 e. The van der Waals surface area contributed by atoms with Crippen molar-refractivity contribution in [1.29, 1.82) is 0 Å². The molecular weight excluding hydrogens is 242 g/mol. The summed E-state index contributed by atoms with van der Waals surface area (Å²) in [5.74, 6) is 0. The summed E-state index contributed by atoms with van der Waals surface area (Å²) in [5.41, 5.74) is 0.825. The number of para-hydroxylation sites is 1. The molecule has 1 aliphatic heterocycles. The lowest BCUT2D eigenvalue weighted by Crippen LogP contribution is -2.47. The van der Waals surface area contributed by atoms with E-state index in [4.69, 9.17) is 4.74 Å². The molecule has 0 aromatic heterocycles. The second-order valence-electron chi connectivity index (χ2n) is 4.63. The first-order valence-electron chi connectivity index (χ1n) is 6.67. The molecule has 104 valence electrons. The summed E-state index contributed by atoms with van der Waals surface area (Å²) < 4.78 is 5.65. The van der Waals surface area contributed by atoms with Crippen molar-refractivity contribution in [2.24, 2.45) is 0 Å². The molecule has 1 aliphatic rings. The normalized spacial score (nSPS) is 19.2. The van der Waals surface area contributed by atoms with Crippen molar-refractivity contribution in [2.75, 3.05) is 38.6 Å². The largest absolute Gasteiger partial charge is 0.374 e. The third-order valence-corrected chi connectivity index (χ3v) is 3.17. The summed E-state index contributed by atoms with van der Waals surface area (Å²) in [4.78, 5) is 13.9. The van der Waals surface area contributed by atoms with Crippen LogP contribution in [0.25, 0.3) is 0 Å². The molecule has 2 amide bonds. The highest BCUT2D eigenvalue weighted by molar-refractivity contribution is 5.89. The molecule has 1 atom stereocenters. The number of amides is 2. The predicted octanol–water partition coefficient (Wildman–Crippen LogP) is 1.53. The summed E-state index contributed by atoms with van der Waals surface area (Å²) in [6.45, 7) is 2.81. The number of nitrogens with one attached hydrogen (secondary N) is 2. The maximum atomic E-state index is 12.1. The molecule has 0 radical (unpaired) electrons. The number of urea groups is 1. The third kappa shape index (κ3) is 4.22. The van der Waals surface area contributed by atoms with E-state index in [0.29, 0.717) is 19.7 Å². The second kappa shape index (κ2) is 7.11. The van der Waals surface area contributed by atoms with Gasteiger partial charge in [-0.25, -0.2) is 4.79 Å². The van der Waals surface area contributed by atoms with Gasteiger partial charge in [0.2, 0.25) is 0 Å². The van der Waals surface area contributed by atoms with Gasteiger partial charge >= 0.3 is 6.03 Å². The minimum absolute atomic E-state index is 0.0519. The van der Waals surface area contributed by atoms with Crippen LogP contribution >= 0.6 is 0 Å². The van der Waals surface area contributed by atoms with Crippen LogP contribution in [0.2, 0.25) is 0 Å². The Kier molecular flexibility index (Phi) is 5.18. The molecule has 1 fully saturated rings. The van der Waals surface area contributed by atoms with Crippen molar-refractivity contribution in [3.05, 3.63) is 30.3 Å². The van der Waals surface area contributed by atoms with Crippen molar-refractivity contribution in [2.45, 2.75) is 12.5 Å². The van der Waals surface area contributed by atoms with Gasteiger partial charge in [0.05, 0.1) is 12.7 Å². The first-order chi connectivity index (χ1) is 9.29. The minimum atomic E-state index is -0.0519. The van der Waals surface area contributed by atoms with Crippen molar-refractivity contribution >= 4 is 11.7 Å². The van der Waals surface area contributed by atoms with Gasteiger partial charge in [-0.2, -0.15) is 0 Å². The monoisotopic (exact) mass is 263 g/mol. The van der Waals surface area contributed by atoms with Crippen LogP contribution in [0.1, 0.15) is 6.42 Å². The fourth-order valence-electron chi connectivity index (χ4n) is 2.11. The van der Waals surface area contributed by atoms with Crippen LogP contribution in [0.3, 0.4) is 0 Å². The first-order valence-corrected chi connectivity index (χ1v) is 6.67. The summed E-state index contributed by atoms with van der Waals surface area (Å²) in [5, 5.41) is 6.00. The van der Waals surface area contributed by atoms with Crippen LogP contribution < -0.4 is 10.6 Å². The van der Waals surface area contributed by atoms with Gasteiger partial charge in [0.15, 0.2) is 0 Å². The van der Waals surface area contributed by atoms with Gasteiger partial charge in [-0.3, -0.25) is 0 Å². The summed E-state index contributed by atoms with van der Waals surface area (Å²) >= 11 is 0. The van der Waals surface area contributed by atoms with Gasteiger partial charge in [0.1, 0.15) is 0 Å². The molecular formula is C14H21N3O2. The summed E-state index contributed by atoms with van der Waals surface area (Å²) in [6, 6.07) is 9.46. The van der Waals surface area contributed by atoms with Crippen molar-refractivity contribution in [3.63, 3.8) is 0 Å². The van der Waals surface area contributed by atoms with E-state index >= 15 is 0 Å². The molecule has 0 aliphatic carbocycles. The zero-order valence-electron chi connectivity index (χ0n) is 11.3. The number of carbonyl (C=O) groups excluding carboxylic acids is 1. The Morgan fingerprint density at radius 2 is 2.21 bits per heavy atom. The van der Waals surface area contributed by atoms with Crippen molar-refractivity contribution in [3.8, 4) is 0 Å². The second-order valence-corrected chi connectivity index (χ2v) is 4.63. The topological polar surface area (TPSA) is 53.6 Å². The van der Waals surface area contributed by atoms with Gasteiger partial charge in [0, 0.05) is 18.8 Å². The molecule has 5 nitrogen and oxygen atoms in total. The number of nitrogens with zero attached hydrogens (tertiary/aromatic N) is 1. The molecule has 1 saturated heterocycles. The van der Waals surface area contributed by atoms with Crippen LogP contribution in [0, 0.1) is 0 Å². The van der Waals surface area contributed by atoms with Crippen LogP contribution in [0.4, 0.5) is 10.5 Å². The lowest BCUT2D eigenvalue weighted by atomic mass is 10.2. The van der Waals surface area contributed by atoms with E-state index in [2.05, 4.69) is 10.6 Å². The van der Waals surface area contributed by atoms with Crippen molar-refractivity contribution in [1.82, 2.24) is 10.2 Å². The zero-order chi connectivity index (χ0) is 13.5. The Morgan fingerprint density at radius 3 is 2.95 bits per heavy atom. The fraction of sp³-hybridized carbons (Fsp3) is 0.500. The lowest BCUT2D eigenvalue weighted by Gasteiger charge is -2.33. The van der Waals surface area contributed by atoms with Gasteiger partial charge in [-0.05, 0) is 32.1 Å². The molecule has 0 saturated carbocycles. The van der Waals surface area contributed by atoms with E-state index in [-0.39, 0.29) is 12.1 Å². The van der Waals surface area contributed by atoms with Gasteiger partial charge in [0.25, 0.3) is 0 Å². The standard InChI is InChI=1S/C14H21N3O2/c1-15-8-7-13-11-17(9-10-19-13)14(18)16-12-5-3-2-4-6-12/h2-6,13,15H,7-11H2,1H3,(H,16,18). The SMILES string of the molecule is CNCCC1CN(C(=O)Nc2ccccc2)CCO1. The van der Waals surface area contributed by atoms with Crippen LogP contribution in [0.15, 0.2) is 30.3 Å². The van der Waals surface area contributed by atoms with Gasteiger partial charge in [-0.15, -0.1) is 0 Å².